The molecule has 0 spiro atoms. The van der Waals surface area contributed by atoms with Crippen LogP contribution in [0.4, 0.5) is 5.13 Å². The molecule has 0 unspecified atom stereocenters. The highest BCUT2D eigenvalue weighted by atomic mass is 79.9. The van der Waals surface area contributed by atoms with Crippen molar-refractivity contribution in [3.63, 3.8) is 0 Å². The molecular weight excluding hydrogens is 466 g/mol. The molecule has 3 amide bonds. The quantitative estimate of drug-likeness (QED) is 0.582. The summed E-state index contributed by atoms with van der Waals surface area (Å²) in [6.45, 7) is 1.65. The van der Waals surface area contributed by atoms with Crippen LogP contribution in [0.25, 0.3) is 0 Å². The lowest BCUT2D eigenvalue weighted by Gasteiger charge is -2.31. The number of carbonyl (C=O) groups is 3. The topological polar surface area (TPSA) is 70.6 Å². The Hall–Kier alpha value is -2.58. The van der Waals surface area contributed by atoms with E-state index in [2.05, 4.69) is 20.9 Å². The fourth-order valence-corrected chi connectivity index (χ4v) is 5.07. The van der Waals surface area contributed by atoms with Crippen LogP contribution in [0.15, 0.2) is 63.6 Å². The molecule has 0 saturated carbocycles. The van der Waals surface area contributed by atoms with Crippen molar-refractivity contribution < 1.29 is 14.4 Å². The van der Waals surface area contributed by atoms with Gasteiger partial charge in [0.1, 0.15) is 0 Å². The highest BCUT2D eigenvalue weighted by Gasteiger charge is 2.42. The number of amides is 3. The molecule has 154 valence electrons. The lowest BCUT2D eigenvalue weighted by molar-refractivity contribution is -0.140. The van der Waals surface area contributed by atoms with Gasteiger partial charge in [0.25, 0.3) is 11.8 Å². The first kappa shape index (κ1) is 20.7. The van der Waals surface area contributed by atoms with E-state index in [1.807, 2.05) is 36.4 Å². The third-order valence-corrected chi connectivity index (χ3v) is 6.74. The van der Waals surface area contributed by atoms with Crippen LogP contribution >= 0.6 is 27.3 Å². The van der Waals surface area contributed by atoms with E-state index in [9.17, 15) is 14.4 Å². The largest absolute Gasteiger partial charge is 0.286 e. The van der Waals surface area contributed by atoms with Crippen molar-refractivity contribution >= 4 is 50.1 Å². The predicted molar refractivity (Wildman–Crippen MR) is 119 cm³/mol. The molecule has 0 radical (unpaired) electrons. The van der Waals surface area contributed by atoms with E-state index >= 15 is 0 Å². The average Bonchev–Trinajstić information content (AvgIpc) is 3.27. The number of hydrogen-bond acceptors (Lipinski definition) is 5. The summed E-state index contributed by atoms with van der Waals surface area (Å²) in [4.78, 5) is 45.9. The Morgan fingerprint density at radius 2 is 2.03 bits per heavy atom. The summed E-state index contributed by atoms with van der Waals surface area (Å²) in [5, 5.41) is 0.532. The third kappa shape index (κ3) is 4.02. The zero-order valence-electron chi connectivity index (χ0n) is 16.4. The lowest BCUT2D eigenvalue weighted by atomic mass is 10.00. The number of anilines is 1. The van der Waals surface area contributed by atoms with Crippen LogP contribution in [0.5, 0.6) is 0 Å². The van der Waals surface area contributed by atoms with Crippen molar-refractivity contribution in [2.24, 2.45) is 0 Å². The number of imide groups is 1. The minimum absolute atomic E-state index is 0.186. The summed E-state index contributed by atoms with van der Waals surface area (Å²) < 4.78 is 0.805. The van der Waals surface area contributed by atoms with Gasteiger partial charge in [0.05, 0.1) is 16.0 Å². The van der Waals surface area contributed by atoms with Crippen molar-refractivity contribution in [1.82, 2.24) is 9.88 Å². The molecule has 0 fully saturated rings. The minimum Gasteiger partial charge on any atom is -0.286 e. The van der Waals surface area contributed by atoms with Crippen molar-refractivity contribution in [3.05, 3.63) is 69.2 Å². The van der Waals surface area contributed by atoms with Crippen molar-refractivity contribution in [1.29, 1.82) is 0 Å². The molecule has 6 nitrogen and oxygen atoms in total. The number of benzene rings is 1. The maximum atomic E-state index is 13.2. The Labute approximate surface area is 187 Å². The minimum atomic E-state index is -0.502. The average molecular weight is 486 g/mol. The first-order valence-electron chi connectivity index (χ1n) is 9.66. The molecule has 8 heteroatoms. The number of halogens is 1. The summed E-state index contributed by atoms with van der Waals surface area (Å²) in [6.07, 6.45) is 7.09. The molecule has 30 heavy (non-hydrogen) atoms. The van der Waals surface area contributed by atoms with Crippen LogP contribution in [-0.4, -0.2) is 40.2 Å². The van der Waals surface area contributed by atoms with Crippen molar-refractivity contribution in [3.8, 4) is 0 Å². The number of allylic oxidation sites excluding steroid dienone is 1. The van der Waals surface area contributed by atoms with Crippen LogP contribution < -0.4 is 4.90 Å². The number of thiazole rings is 1. The van der Waals surface area contributed by atoms with E-state index in [-0.39, 0.29) is 24.3 Å². The fourth-order valence-electron chi connectivity index (χ4n) is 3.83. The molecule has 0 N–H and O–H groups in total. The Bertz CT molecular complexity index is 1060. The maximum Gasteiger partial charge on any atom is 0.261 e. The molecular formula is C22H20BrN3O3S. The van der Waals surface area contributed by atoms with E-state index < -0.39 is 6.04 Å². The normalized spacial score (nSPS) is 16.8. The van der Waals surface area contributed by atoms with Crippen LogP contribution in [0.1, 0.15) is 25.3 Å². The second-order valence-corrected chi connectivity index (χ2v) is 9.62. The summed E-state index contributed by atoms with van der Waals surface area (Å²) in [5.74, 6) is -0.716. The monoisotopic (exact) mass is 485 g/mol. The number of aromatic nitrogens is 1. The SMILES string of the molecule is CC(=O)N(C[C@H](Cc1ccccc1)N1C(=O)C2=C(CCC=C2)C1=O)c1ncc(Br)s1. The highest BCUT2D eigenvalue weighted by Crippen LogP contribution is 2.33. The number of hydrogen-bond donors (Lipinski definition) is 0. The number of rotatable bonds is 6. The van der Waals surface area contributed by atoms with Gasteiger partial charge in [-0.2, -0.15) is 0 Å². The summed E-state index contributed by atoms with van der Waals surface area (Å²) >= 11 is 4.72. The number of nitrogens with zero attached hydrogens (tertiary/aromatic N) is 3. The van der Waals surface area contributed by atoms with Gasteiger partial charge >= 0.3 is 0 Å². The second kappa shape index (κ2) is 8.65. The summed E-state index contributed by atoms with van der Waals surface area (Å²) in [5.41, 5.74) is 2.05. The fraction of sp³-hybridized carbons (Fsp3) is 0.273. The van der Waals surface area contributed by atoms with E-state index in [0.29, 0.717) is 29.1 Å². The van der Waals surface area contributed by atoms with Crippen molar-refractivity contribution in [2.45, 2.75) is 32.2 Å². The Morgan fingerprint density at radius 3 is 2.67 bits per heavy atom. The molecule has 2 aromatic rings. The van der Waals surface area contributed by atoms with Gasteiger partial charge < -0.3 is 0 Å². The zero-order valence-corrected chi connectivity index (χ0v) is 18.8. The summed E-state index contributed by atoms with van der Waals surface area (Å²) in [6, 6.07) is 9.19. The van der Waals surface area contributed by atoms with Crippen molar-refractivity contribution in [2.75, 3.05) is 11.4 Å². The molecule has 1 aromatic heterocycles. The Balaban J connectivity index is 1.68. The van der Waals surface area contributed by atoms with Gasteiger partial charge in [-0.15, -0.1) is 0 Å². The molecule has 0 saturated heterocycles. The maximum absolute atomic E-state index is 13.2. The van der Waals surface area contributed by atoms with Gasteiger partial charge in [0.15, 0.2) is 5.13 Å². The highest BCUT2D eigenvalue weighted by molar-refractivity contribution is 9.11. The predicted octanol–water partition coefficient (Wildman–Crippen LogP) is 3.89. The van der Waals surface area contributed by atoms with E-state index in [1.165, 1.54) is 28.1 Å². The van der Waals surface area contributed by atoms with Gasteiger partial charge in [-0.05, 0) is 40.8 Å². The van der Waals surface area contributed by atoms with Gasteiger partial charge in [-0.25, -0.2) is 4.98 Å². The van der Waals surface area contributed by atoms with Gasteiger partial charge in [0, 0.05) is 24.6 Å². The third-order valence-electron chi connectivity index (χ3n) is 5.25. The number of carbonyl (C=O) groups excluding carboxylic acids is 3. The van der Waals surface area contributed by atoms with E-state index in [4.69, 9.17) is 0 Å². The van der Waals surface area contributed by atoms with E-state index in [1.54, 1.807) is 12.3 Å². The molecule has 1 atom stereocenters. The Kier molecular flexibility index (Phi) is 5.97. The first-order valence-corrected chi connectivity index (χ1v) is 11.3. The molecule has 0 bridgehead atoms. The molecule has 2 heterocycles. The van der Waals surface area contributed by atoms with Gasteiger partial charge in [-0.1, -0.05) is 53.8 Å². The van der Waals surface area contributed by atoms with Crippen LogP contribution in [0.3, 0.4) is 0 Å². The van der Waals surface area contributed by atoms with Crippen LogP contribution in [0, 0.1) is 0 Å². The lowest BCUT2D eigenvalue weighted by Crippen LogP contribution is -2.50. The van der Waals surface area contributed by atoms with Gasteiger partial charge in [0.2, 0.25) is 5.91 Å². The van der Waals surface area contributed by atoms with Gasteiger partial charge in [-0.3, -0.25) is 24.2 Å². The molecule has 2 aliphatic rings. The summed E-state index contributed by atoms with van der Waals surface area (Å²) in [7, 11) is 0. The second-order valence-electron chi connectivity index (χ2n) is 7.23. The molecule has 1 aliphatic carbocycles. The first-order chi connectivity index (χ1) is 14.5. The standard InChI is InChI=1S/C22H20BrN3O3S/c1-14(27)25(22-24-12-19(23)30-22)13-16(11-15-7-3-2-4-8-15)26-20(28)17-9-5-6-10-18(17)21(26)29/h2-5,7-9,12,16H,6,10-11,13H2,1H3/t16-/m0/s1. The molecule has 1 aliphatic heterocycles. The van der Waals surface area contributed by atoms with E-state index in [0.717, 1.165) is 15.8 Å². The van der Waals surface area contributed by atoms with Crippen LogP contribution in [-0.2, 0) is 20.8 Å². The zero-order chi connectivity index (χ0) is 21.3. The molecule has 4 rings (SSSR count). The smallest absolute Gasteiger partial charge is 0.261 e. The molecule has 1 aromatic carbocycles. The van der Waals surface area contributed by atoms with Crippen LogP contribution in [0.2, 0.25) is 0 Å². The Morgan fingerprint density at radius 1 is 1.27 bits per heavy atom.